The van der Waals surface area contributed by atoms with Gasteiger partial charge in [-0.3, -0.25) is 9.63 Å². The van der Waals surface area contributed by atoms with E-state index < -0.39 is 0 Å². The van der Waals surface area contributed by atoms with Gasteiger partial charge in [0, 0.05) is 17.0 Å². The highest BCUT2D eigenvalue weighted by atomic mass is 16.7. The Hall–Kier alpha value is -2.85. The highest BCUT2D eigenvalue weighted by molar-refractivity contribution is 5.95. The summed E-state index contributed by atoms with van der Waals surface area (Å²) in [6, 6.07) is 21.4. The van der Waals surface area contributed by atoms with Crippen LogP contribution in [0, 0.1) is 5.92 Å². The molecule has 25 heavy (non-hydrogen) atoms. The molecule has 0 N–H and O–H groups in total. The summed E-state index contributed by atoms with van der Waals surface area (Å²) in [7, 11) is 0. The lowest BCUT2D eigenvalue weighted by Crippen LogP contribution is -2.35. The van der Waals surface area contributed by atoms with Crippen LogP contribution < -0.4 is 4.74 Å². The second-order valence-corrected chi connectivity index (χ2v) is 6.51. The molecule has 2 aliphatic rings. The van der Waals surface area contributed by atoms with Gasteiger partial charge in [0.15, 0.2) is 0 Å². The van der Waals surface area contributed by atoms with Crippen molar-refractivity contribution in [2.75, 3.05) is 13.2 Å². The van der Waals surface area contributed by atoms with Gasteiger partial charge in [0.25, 0.3) is 5.91 Å². The quantitative estimate of drug-likeness (QED) is 0.677. The Kier molecular flexibility index (Phi) is 3.25. The van der Waals surface area contributed by atoms with Crippen molar-refractivity contribution in [1.29, 1.82) is 0 Å². The Bertz CT molecular complexity index is 954. The van der Waals surface area contributed by atoms with Crippen molar-refractivity contribution in [3.05, 3.63) is 77.9 Å². The molecule has 1 fully saturated rings. The highest BCUT2D eigenvalue weighted by Crippen LogP contribution is 2.47. The summed E-state index contributed by atoms with van der Waals surface area (Å²) in [6.45, 7) is 1.06. The van der Waals surface area contributed by atoms with Crippen LogP contribution in [0.25, 0.3) is 10.8 Å². The van der Waals surface area contributed by atoms with Crippen LogP contribution in [-0.2, 0) is 4.84 Å². The lowest BCUT2D eigenvalue weighted by atomic mass is 9.88. The molecule has 3 aromatic rings. The Balaban J connectivity index is 1.65. The Morgan fingerprint density at radius 2 is 1.72 bits per heavy atom. The third-order valence-electron chi connectivity index (χ3n) is 5.03. The van der Waals surface area contributed by atoms with Gasteiger partial charge in [0.05, 0.1) is 19.3 Å². The molecular formula is C21H17NO3. The Morgan fingerprint density at radius 1 is 0.920 bits per heavy atom. The summed E-state index contributed by atoms with van der Waals surface area (Å²) in [5, 5.41) is 3.81. The number of hydrogen-bond acceptors (Lipinski definition) is 3. The third-order valence-corrected chi connectivity index (χ3v) is 5.03. The fourth-order valence-corrected chi connectivity index (χ4v) is 3.83. The molecule has 0 spiro atoms. The van der Waals surface area contributed by atoms with E-state index in [4.69, 9.17) is 9.57 Å². The fourth-order valence-electron chi connectivity index (χ4n) is 3.83. The number of carbonyl (C=O) groups is 1. The number of hydroxylamine groups is 2. The maximum Gasteiger partial charge on any atom is 0.278 e. The number of benzene rings is 3. The second-order valence-electron chi connectivity index (χ2n) is 6.51. The number of nitrogens with zero attached hydrogens (tertiary/aromatic N) is 1. The van der Waals surface area contributed by atoms with E-state index in [1.54, 1.807) is 5.06 Å². The summed E-state index contributed by atoms with van der Waals surface area (Å²) in [5.74, 6) is 0.885. The minimum atomic E-state index is -0.123. The zero-order valence-corrected chi connectivity index (χ0v) is 13.6. The molecule has 0 bridgehead atoms. The van der Waals surface area contributed by atoms with Gasteiger partial charge in [-0.15, -0.1) is 0 Å². The first-order chi connectivity index (χ1) is 12.3. The average molecular weight is 331 g/mol. The van der Waals surface area contributed by atoms with Crippen LogP contribution in [0.1, 0.15) is 22.0 Å². The smallest absolute Gasteiger partial charge is 0.278 e. The first-order valence-corrected chi connectivity index (χ1v) is 8.49. The molecule has 124 valence electrons. The van der Waals surface area contributed by atoms with Gasteiger partial charge >= 0.3 is 0 Å². The summed E-state index contributed by atoms with van der Waals surface area (Å²) in [5.41, 5.74) is 1.69. The van der Waals surface area contributed by atoms with Gasteiger partial charge in [-0.05, 0) is 29.0 Å². The molecule has 0 aliphatic carbocycles. The molecule has 0 radical (unpaired) electrons. The van der Waals surface area contributed by atoms with Gasteiger partial charge in [-0.1, -0.05) is 48.5 Å². The molecule has 2 atom stereocenters. The predicted molar refractivity (Wildman–Crippen MR) is 94.2 cm³/mol. The van der Waals surface area contributed by atoms with Gasteiger partial charge in [0.1, 0.15) is 5.75 Å². The van der Waals surface area contributed by atoms with E-state index in [0.717, 1.165) is 22.1 Å². The Labute approximate surface area is 145 Å². The van der Waals surface area contributed by atoms with Crippen LogP contribution in [0.3, 0.4) is 0 Å². The lowest BCUT2D eigenvalue weighted by molar-refractivity contribution is -0.0965. The van der Waals surface area contributed by atoms with E-state index in [9.17, 15) is 4.79 Å². The number of fused-ring (bicyclic) bond motifs is 5. The summed E-state index contributed by atoms with van der Waals surface area (Å²) in [6.07, 6.45) is 0. The van der Waals surface area contributed by atoms with Crippen molar-refractivity contribution in [1.82, 2.24) is 5.06 Å². The van der Waals surface area contributed by atoms with Crippen LogP contribution in [-0.4, -0.2) is 24.2 Å². The maximum absolute atomic E-state index is 13.0. The van der Waals surface area contributed by atoms with Gasteiger partial charge < -0.3 is 4.74 Å². The molecular weight excluding hydrogens is 314 g/mol. The van der Waals surface area contributed by atoms with Crippen LogP contribution in [0.4, 0.5) is 0 Å². The fraction of sp³-hybridized carbons (Fsp3) is 0.190. The van der Waals surface area contributed by atoms with Crippen molar-refractivity contribution in [2.45, 2.75) is 6.04 Å². The van der Waals surface area contributed by atoms with Crippen LogP contribution in [0.5, 0.6) is 5.75 Å². The van der Waals surface area contributed by atoms with E-state index in [0.29, 0.717) is 18.8 Å². The van der Waals surface area contributed by atoms with Crippen molar-refractivity contribution in [3.8, 4) is 5.75 Å². The van der Waals surface area contributed by atoms with Gasteiger partial charge in [-0.2, -0.15) is 0 Å². The van der Waals surface area contributed by atoms with Crippen molar-refractivity contribution in [3.63, 3.8) is 0 Å². The number of ether oxygens (including phenoxy) is 1. The normalized spacial score (nSPS) is 21.5. The third kappa shape index (κ3) is 2.22. The van der Waals surface area contributed by atoms with Crippen LogP contribution in [0.15, 0.2) is 66.7 Å². The van der Waals surface area contributed by atoms with Gasteiger partial charge in [-0.25, -0.2) is 5.06 Å². The molecule has 0 aromatic heterocycles. The number of rotatable bonds is 1. The molecule has 1 saturated heterocycles. The van der Waals surface area contributed by atoms with Crippen molar-refractivity contribution in [2.24, 2.45) is 5.92 Å². The predicted octanol–water partition coefficient (Wildman–Crippen LogP) is 3.98. The summed E-state index contributed by atoms with van der Waals surface area (Å²) < 4.78 is 5.96. The molecule has 4 heteroatoms. The molecule has 5 rings (SSSR count). The first-order valence-electron chi connectivity index (χ1n) is 8.49. The van der Waals surface area contributed by atoms with E-state index >= 15 is 0 Å². The molecule has 0 unspecified atom stereocenters. The molecule has 1 amide bonds. The van der Waals surface area contributed by atoms with E-state index in [1.807, 2.05) is 48.5 Å². The first kappa shape index (κ1) is 14.5. The van der Waals surface area contributed by atoms with Crippen LogP contribution >= 0.6 is 0 Å². The second kappa shape index (κ2) is 5.60. The number of amides is 1. The topological polar surface area (TPSA) is 38.8 Å². The van der Waals surface area contributed by atoms with Gasteiger partial charge in [0.2, 0.25) is 0 Å². The SMILES string of the molecule is O=C(c1ccccc1)N1OC[C@H]2COc3ccc4ccccc4c3[C@H]21. The maximum atomic E-state index is 13.0. The minimum Gasteiger partial charge on any atom is -0.493 e. The molecule has 2 heterocycles. The monoisotopic (exact) mass is 331 g/mol. The van der Waals surface area contributed by atoms with Crippen LogP contribution in [0.2, 0.25) is 0 Å². The van der Waals surface area contributed by atoms with Crippen molar-refractivity contribution >= 4 is 16.7 Å². The Morgan fingerprint density at radius 3 is 2.60 bits per heavy atom. The standard InChI is InChI=1S/C21H17NO3/c23-21(15-7-2-1-3-8-15)22-20-16(13-25-22)12-24-18-11-10-14-6-4-5-9-17(14)19(18)20/h1-11,16,20H,12-13H2/t16-,20+/m1/s1. The molecule has 0 saturated carbocycles. The van der Waals surface area contributed by atoms with E-state index in [2.05, 4.69) is 18.2 Å². The number of hydrogen-bond donors (Lipinski definition) is 0. The minimum absolute atomic E-state index is 0.103. The zero-order valence-electron chi connectivity index (χ0n) is 13.6. The van der Waals surface area contributed by atoms with Crippen molar-refractivity contribution < 1.29 is 14.4 Å². The molecule has 2 aliphatic heterocycles. The van der Waals surface area contributed by atoms with E-state index in [-0.39, 0.29) is 17.9 Å². The summed E-state index contributed by atoms with van der Waals surface area (Å²) >= 11 is 0. The van der Waals surface area contributed by atoms with E-state index in [1.165, 1.54) is 0 Å². The molecule has 3 aromatic carbocycles. The lowest BCUT2D eigenvalue weighted by Gasteiger charge is -2.32. The zero-order chi connectivity index (χ0) is 16.8. The molecule has 4 nitrogen and oxygen atoms in total. The highest BCUT2D eigenvalue weighted by Gasteiger charge is 2.45. The summed E-state index contributed by atoms with van der Waals surface area (Å²) in [4.78, 5) is 18.8. The largest absolute Gasteiger partial charge is 0.493 e. The number of carbonyl (C=O) groups excluding carboxylic acids is 1. The average Bonchev–Trinajstić information content (AvgIpc) is 3.12.